The molecule has 1 saturated heterocycles. The van der Waals surface area contributed by atoms with E-state index >= 15 is 0 Å². The number of aromatic amines is 1. The minimum Gasteiger partial charge on any atom is -0.481 e. The number of rotatable bonds is 4. The van der Waals surface area contributed by atoms with E-state index in [1.54, 1.807) is 4.90 Å². The molecule has 1 aliphatic heterocycles. The number of hydrogen-bond donors (Lipinski definition) is 1. The van der Waals surface area contributed by atoms with Crippen LogP contribution in [-0.4, -0.2) is 50.6 Å². The second-order valence-electron chi connectivity index (χ2n) is 7.34. The number of nitrogens with zero attached hydrogens (tertiary/aromatic N) is 4. The Morgan fingerprint density at radius 1 is 1.38 bits per heavy atom. The number of aromatic nitrogens is 4. The minimum atomic E-state index is -0.672. The van der Waals surface area contributed by atoms with Crippen molar-refractivity contribution in [3.05, 3.63) is 47.3 Å². The van der Waals surface area contributed by atoms with E-state index in [2.05, 4.69) is 20.1 Å². The lowest BCUT2D eigenvalue weighted by molar-refractivity contribution is 0.0599. The number of H-pyrrole nitrogens is 1. The molecular formula is C20H22FN5O3. The van der Waals surface area contributed by atoms with Crippen molar-refractivity contribution >= 4 is 5.91 Å². The molecule has 0 spiro atoms. The maximum Gasteiger partial charge on any atom is 0.274 e. The Morgan fingerprint density at radius 2 is 2.21 bits per heavy atom. The summed E-state index contributed by atoms with van der Waals surface area (Å²) in [5.74, 6) is -0.00652. The van der Waals surface area contributed by atoms with Crippen molar-refractivity contribution in [1.82, 2.24) is 25.0 Å². The molecule has 1 aliphatic rings. The average Bonchev–Trinajstić information content (AvgIpc) is 3.37. The monoisotopic (exact) mass is 399 g/mol. The zero-order valence-corrected chi connectivity index (χ0v) is 16.5. The van der Waals surface area contributed by atoms with Crippen LogP contribution in [0.25, 0.3) is 11.6 Å². The third-order valence-electron chi connectivity index (χ3n) is 5.28. The fraction of sp³-hybridized carbons (Fsp3) is 0.400. The molecule has 3 aromatic heterocycles. The molecule has 0 saturated carbocycles. The average molecular weight is 399 g/mol. The predicted molar refractivity (Wildman–Crippen MR) is 102 cm³/mol. The highest BCUT2D eigenvalue weighted by Crippen LogP contribution is 2.31. The van der Waals surface area contributed by atoms with Crippen molar-refractivity contribution in [1.29, 1.82) is 0 Å². The maximum absolute atomic E-state index is 14.2. The van der Waals surface area contributed by atoms with E-state index in [-0.39, 0.29) is 23.4 Å². The number of halogens is 1. The van der Waals surface area contributed by atoms with Crippen molar-refractivity contribution in [3.8, 4) is 17.5 Å². The van der Waals surface area contributed by atoms with Gasteiger partial charge in [-0.3, -0.25) is 4.79 Å². The number of piperidine rings is 1. The summed E-state index contributed by atoms with van der Waals surface area (Å²) >= 11 is 0. The molecule has 152 valence electrons. The molecule has 0 aliphatic carbocycles. The molecule has 29 heavy (non-hydrogen) atoms. The first-order chi connectivity index (χ1) is 14.0. The summed E-state index contributed by atoms with van der Waals surface area (Å²) in [5, 5.41) is 4.11. The molecule has 8 nitrogen and oxygen atoms in total. The molecule has 4 heterocycles. The number of likely N-dealkylation sites (tertiary alicyclic amines) is 1. The summed E-state index contributed by atoms with van der Waals surface area (Å²) in [4.78, 5) is 26.1. The van der Waals surface area contributed by atoms with E-state index in [0.29, 0.717) is 18.3 Å². The zero-order valence-electron chi connectivity index (χ0n) is 16.5. The maximum atomic E-state index is 14.2. The lowest BCUT2D eigenvalue weighted by Gasteiger charge is -2.37. The van der Waals surface area contributed by atoms with Gasteiger partial charge in [-0.05, 0) is 38.3 Å². The summed E-state index contributed by atoms with van der Waals surface area (Å²) in [6.07, 6.45) is 4.43. The molecule has 0 aromatic carbocycles. The largest absolute Gasteiger partial charge is 0.481 e. The second-order valence-corrected chi connectivity index (χ2v) is 7.34. The highest BCUT2D eigenvalue weighted by Gasteiger charge is 2.34. The molecule has 9 heteroatoms. The summed E-state index contributed by atoms with van der Waals surface area (Å²) in [7, 11) is 1.42. The van der Waals surface area contributed by atoms with Gasteiger partial charge >= 0.3 is 0 Å². The van der Waals surface area contributed by atoms with Crippen LogP contribution in [0.3, 0.4) is 0 Å². The summed E-state index contributed by atoms with van der Waals surface area (Å²) in [6, 6.07) is 3.22. The second kappa shape index (κ2) is 7.65. The quantitative estimate of drug-likeness (QED) is 0.723. The fourth-order valence-corrected chi connectivity index (χ4v) is 3.59. The first-order valence-electron chi connectivity index (χ1n) is 9.45. The topological polar surface area (TPSA) is 97.1 Å². The van der Waals surface area contributed by atoms with Crippen LogP contribution in [0.2, 0.25) is 0 Å². The molecule has 4 rings (SSSR count). The Bertz CT molecular complexity index is 1030. The first-order valence-corrected chi connectivity index (χ1v) is 9.45. The van der Waals surface area contributed by atoms with Crippen LogP contribution in [0.4, 0.5) is 4.39 Å². The number of aryl methyl sites for hydroxylation is 1. The molecule has 0 radical (unpaired) electrons. The Kier molecular flexibility index (Phi) is 5.04. The Morgan fingerprint density at radius 3 is 2.93 bits per heavy atom. The van der Waals surface area contributed by atoms with E-state index < -0.39 is 11.7 Å². The van der Waals surface area contributed by atoms with Crippen LogP contribution < -0.4 is 4.74 Å². The van der Waals surface area contributed by atoms with Crippen molar-refractivity contribution in [3.63, 3.8) is 0 Å². The molecule has 0 unspecified atom stereocenters. The number of hydrogen-bond acceptors (Lipinski definition) is 6. The lowest BCUT2D eigenvalue weighted by Crippen LogP contribution is -2.45. The molecule has 1 amide bonds. The molecule has 0 bridgehead atoms. The predicted octanol–water partition coefficient (Wildman–Crippen LogP) is 3.32. The van der Waals surface area contributed by atoms with Gasteiger partial charge in [0.1, 0.15) is 5.69 Å². The van der Waals surface area contributed by atoms with E-state index in [0.717, 1.165) is 30.3 Å². The summed E-state index contributed by atoms with van der Waals surface area (Å²) in [6.45, 7) is 4.30. The number of amides is 1. The molecule has 3 aromatic rings. The number of pyridine rings is 1. The van der Waals surface area contributed by atoms with Crippen LogP contribution in [0.15, 0.2) is 29.0 Å². The third kappa shape index (κ3) is 3.72. The normalized spacial score (nSPS) is 19.4. The molecule has 1 N–H and O–H groups in total. The number of ether oxygens (including phenoxy) is 1. The van der Waals surface area contributed by atoms with Gasteiger partial charge in [0, 0.05) is 30.8 Å². The number of nitrogens with one attached hydrogen (secondary N) is 1. The highest BCUT2D eigenvalue weighted by atomic mass is 19.1. The number of carbonyl (C=O) groups is 1. The van der Waals surface area contributed by atoms with Gasteiger partial charge in [-0.1, -0.05) is 5.16 Å². The standard InChI is InChI=1S/C20H22FN5O3/c1-11-6-16(22-8-11)19-24-18(25-29-19)13-5-4-12(2)26(10-13)20(27)14-7-17(28-3)23-9-15(14)21/h6-9,12-13,22H,4-5,10H2,1-3H3/t12-,13+/m1/s1. The van der Waals surface area contributed by atoms with Crippen LogP contribution in [0.1, 0.15) is 47.4 Å². The SMILES string of the molecule is COc1cc(C(=O)N2C[C@@H](c3noc(-c4cc(C)c[nH]4)n3)CC[C@H]2C)c(F)cn1. The van der Waals surface area contributed by atoms with Gasteiger partial charge in [0.2, 0.25) is 5.88 Å². The lowest BCUT2D eigenvalue weighted by atomic mass is 9.92. The van der Waals surface area contributed by atoms with Gasteiger partial charge in [0.15, 0.2) is 11.6 Å². The smallest absolute Gasteiger partial charge is 0.274 e. The van der Waals surface area contributed by atoms with Gasteiger partial charge in [0.25, 0.3) is 11.8 Å². The van der Waals surface area contributed by atoms with E-state index in [4.69, 9.17) is 9.26 Å². The Hall–Kier alpha value is -3.23. The summed E-state index contributed by atoms with van der Waals surface area (Å²) in [5.41, 5.74) is 1.77. The molecule has 1 fully saturated rings. The van der Waals surface area contributed by atoms with Crippen LogP contribution in [0, 0.1) is 12.7 Å². The Balaban J connectivity index is 1.56. The van der Waals surface area contributed by atoms with Crippen LogP contribution >= 0.6 is 0 Å². The minimum absolute atomic E-state index is 0.0326. The van der Waals surface area contributed by atoms with E-state index in [1.807, 2.05) is 26.1 Å². The molecular weight excluding hydrogens is 377 g/mol. The third-order valence-corrected chi connectivity index (χ3v) is 5.28. The van der Waals surface area contributed by atoms with Gasteiger partial charge in [0.05, 0.1) is 18.9 Å². The summed E-state index contributed by atoms with van der Waals surface area (Å²) < 4.78 is 24.7. The van der Waals surface area contributed by atoms with Crippen molar-refractivity contribution < 1.29 is 18.4 Å². The zero-order chi connectivity index (χ0) is 20.5. The number of methoxy groups -OCH3 is 1. The van der Waals surface area contributed by atoms with Gasteiger partial charge in [-0.2, -0.15) is 4.98 Å². The number of carbonyl (C=O) groups excluding carboxylic acids is 1. The van der Waals surface area contributed by atoms with Gasteiger partial charge < -0.3 is 19.1 Å². The van der Waals surface area contributed by atoms with Crippen molar-refractivity contribution in [2.75, 3.05) is 13.7 Å². The van der Waals surface area contributed by atoms with Gasteiger partial charge in [-0.25, -0.2) is 9.37 Å². The molecule has 2 atom stereocenters. The van der Waals surface area contributed by atoms with Crippen LogP contribution in [-0.2, 0) is 0 Å². The van der Waals surface area contributed by atoms with E-state index in [9.17, 15) is 9.18 Å². The first kappa shape index (κ1) is 19.1. The Labute approximate surface area is 167 Å². The van der Waals surface area contributed by atoms with Crippen molar-refractivity contribution in [2.45, 2.75) is 38.6 Å². The fourth-order valence-electron chi connectivity index (χ4n) is 3.59. The van der Waals surface area contributed by atoms with Crippen molar-refractivity contribution in [2.24, 2.45) is 0 Å². The highest BCUT2D eigenvalue weighted by molar-refractivity contribution is 5.95. The van der Waals surface area contributed by atoms with Crippen LogP contribution in [0.5, 0.6) is 5.88 Å². The van der Waals surface area contributed by atoms with E-state index in [1.165, 1.54) is 13.2 Å². The van der Waals surface area contributed by atoms with Gasteiger partial charge in [-0.15, -0.1) is 0 Å².